The fourth-order valence-electron chi connectivity index (χ4n) is 1.29. The van der Waals surface area contributed by atoms with Crippen molar-refractivity contribution < 1.29 is 8.42 Å². The lowest BCUT2D eigenvalue weighted by Gasteiger charge is -2.08. The molecule has 15 heavy (non-hydrogen) atoms. The van der Waals surface area contributed by atoms with Crippen molar-refractivity contribution in [3.05, 3.63) is 23.2 Å². The van der Waals surface area contributed by atoms with Crippen molar-refractivity contribution in [3.63, 3.8) is 0 Å². The minimum absolute atomic E-state index is 0.0696. The molecule has 0 aliphatic carbocycles. The van der Waals surface area contributed by atoms with Crippen molar-refractivity contribution in [2.45, 2.75) is 24.7 Å². The largest absolute Gasteiger partial charge is 0.398 e. The molecule has 1 aromatic rings. The van der Waals surface area contributed by atoms with Crippen molar-refractivity contribution in [1.29, 1.82) is 0 Å². The van der Waals surface area contributed by atoms with E-state index >= 15 is 0 Å². The molecule has 5 heteroatoms. The molecule has 3 nitrogen and oxygen atoms in total. The Kier molecular flexibility index (Phi) is 3.99. The molecule has 0 atom stereocenters. The minimum Gasteiger partial charge on any atom is -0.398 e. The zero-order chi connectivity index (χ0) is 11.5. The Bertz CT molecular complexity index is 422. The van der Waals surface area contributed by atoms with Crippen LogP contribution in [0.2, 0.25) is 5.02 Å². The summed E-state index contributed by atoms with van der Waals surface area (Å²) in [6.07, 6.45) is 1.44. The zero-order valence-electron chi connectivity index (χ0n) is 8.53. The van der Waals surface area contributed by atoms with Gasteiger partial charge in [0.2, 0.25) is 0 Å². The van der Waals surface area contributed by atoms with Gasteiger partial charge in [-0.3, -0.25) is 0 Å². The van der Waals surface area contributed by atoms with E-state index in [2.05, 4.69) is 0 Å². The average Bonchev–Trinajstić information content (AvgIpc) is 2.14. The molecular formula is C10H14ClNO2S. The second kappa shape index (κ2) is 4.86. The highest BCUT2D eigenvalue weighted by Gasteiger charge is 2.20. The van der Waals surface area contributed by atoms with E-state index < -0.39 is 9.84 Å². The first kappa shape index (κ1) is 12.3. The Morgan fingerprint density at radius 2 is 2.07 bits per heavy atom. The van der Waals surface area contributed by atoms with Gasteiger partial charge in [0.05, 0.1) is 16.5 Å². The number of nitrogens with two attached hydrogens (primary N) is 1. The Morgan fingerprint density at radius 1 is 1.40 bits per heavy atom. The summed E-state index contributed by atoms with van der Waals surface area (Å²) in [5, 5.41) is 0.200. The monoisotopic (exact) mass is 247 g/mol. The maximum atomic E-state index is 11.9. The highest BCUT2D eigenvalue weighted by atomic mass is 35.5. The zero-order valence-corrected chi connectivity index (χ0v) is 10.1. The normalized spacial score (nSPS) is 11.6. The Hall–Kier alpha value is -0.740. The molecule has 1 rings (SSSR count). The quantitative estimate of drug-likeness (QED) is 0.832. The molecule has 0 radical (unpaired) electrons. The fourth-order valence-corrected chi connectivity index (χ4v) is 3.49. The summed E-state index contributed by atoms with van der Waals surface area (Å²) < 4.78 is 23.7. The van der Waals surface area contributed by atoms with E-state index in [-0.39, 0.29) is 21.4 Å². The molecule has 0 saturated heterocycles. The number of rotatable bonds is 4. The predicted molar refractivity (Wildman–Crippen MR) is 62.8 cm³/mol. The van der Waals surface area contributed by atoms with Crippen LogP contribution >= 0.6 is 11.6 Å². The number of sulfone groups is 1. The SMILES string of the molecule is CCCCS(=O)(=O)c1c(N)cccc1Cl. The molecular weight excluding hydrogens is 234 g/mol. The van der Waals surface area contributed by atoms with E-state index in [4.69, 9.17) is 17.3 Å². The predicted octanol–water partition coefficient (Wildman–Crippen LogP) is 2.50. The van der Waals surface area contributed by atoms with E-state index in [1.54, 1.807) is 12.1 Å². The van der Waals surface area contributed by atoms with Crippen molar-refractivity contribution in [2.24, 2.45) is 0 Å². The summed E-state index contributed by atoms with van der Waals surface area (Å²) in [5.74, 6) is 0.0947. The number of nitrogen functional groups attached to an aromatic ring is 1. The molecule has 0 fully saturated rings. The lowest BCUT2D eigenvalue weighted by molar-refractivity contribution is 0.593. The topological polar surface area (TPSA) is 60.2 Å². The van der Waals surface area contributed by atoms with Crippen LogP contribution in [0.15, 0.2) is 23.1 Å². The fraction of sp³-hybridized carbons (Fsp3) is 0.400. The second-order valence-electron chi connectivity index (χ2n) is 3.33. The van der Waals surface area contributed by atoms with Crippen LogP contribution in [0.5, 0.6) is 0 Å². The molecule has 1 aromatic carbocycles. The summed E-state index contributed by atoms with van der Waals surface area (Å²) in [6, 6.07) is 4.72. The summed E-state index contributed by atoms with van der Waals surface area (Å²) in [7, 11) is -3.34. The van der Waals surface area contributed by atoms with Crippen molar-refractivity contribution in [2.75, 3.05) is 11.5 Å². The molecule has 0 heterocycles. The van der Waals surface area contributed by atoms with Gasteiger partial charge in [0, 0.05) is 0 Å². The van der Waals surface area contributed by atoms with Crippen LogP contribution in [0.3, 0.4) is 0 Å². The Morgan fingerprint density at radius 3 is 2.60 bits per heavy atom. The molecule has 0 amide bonds. The number of halogens is 1. The van der Waals surface area contributed by atoms with E-state index in [0.717, 1.165) is 6.42 Å². The van der Waals surface area contributed by atoms with Gasteiger partial charge in [0.15, 0.2) is 9.84 Å². The van der Waals surface area contributed by atoms with Gasteiger partial charge >= 0.3 is 0 Å². The molecule has 2 N–H and O–H groups in total. The van der Waals surface area contributed by atoms with E-state index in [1.807, 2.05) is 6.92 Å². The maximum absolute atomic E-state index is 11.9. The standard InChI is InChI=1S/C10H14ClNO2S/c1-2-3-7-15(13,14)10-8(11)5-4-6-9(10)12/h4-6H,2-3,7,12H2,1H3. The van der Waals surface area contributed by atoms with E-state index in [0.29, 0.717) is 6.42 Å². The average molecular weight is 248 g/mol. The second-order valence-corrected chi connectivity index (χ2v) is 5.78. The lowest BCUT2D eigenvalue weighted by Crippen LogP contribution is -2.10. The third kappa shape index (κ3) is 2.86. The number of hydrogen-bond acceptors (Lipinski definition) is 3. The number of unbranched alkanes of at least 4 members (excludes halogenated alkanes) is 1. The molecule has 0 spiro atoms. The van der Waals surface area contributed by atoms with Crippen molar-refractivity contribution >= 4 is 27.1 Å². The summed E-state index contributed by atoms with van der Waals surface area (Å²) in [6.45, 7) is 1.94. The van der Waals surface area contributed by atoms with Crippen molar-refractivity contribution in [1.82, 2.24) is 0 Å². The highest BCUT2D eigenvalue weighted by molar-refractivity contribution is 7.91. The van der Waals surface area contributed by atoms with Gasteiger partial charge in [-0.2, -0.15) is 0 Å². The third-order valence-electron chi connectivity index (χ3n) is 2.08. The first-order valence-electron chi connectivity index (χ1n) is 4.75. The van der Waals surface area contributed by atoms with Gasteiger partial charge in [-0.15, -0.1) is 0 Å². The van der Waals surface area contributed by atoms with Gasteiger partial charge in [0.1, 0.15) is 4.90 Å². The summed E-state index contributed by atoms with van der Waals surface area (Å²) in [4.78, 5) is 0.0696. The van der Waals surface area contributed by atoms with Gasteiger partial charge in [-0.05, 0) is 18.6 Å². The lowest BCUT2D eigenvalue weighted by atomic mass is 10.3. The van der Waals surface area contributed by atoms with Gasteiger partial charge in [-0.25, -0.2) is 8.42 Å². The van der Waals surface area contributed by atoms with Crippen LogP contribution in [-0.2, 0) is 9.84 Å². The Balaban J connectivity index is 3.15. The maximum Gasteiger partial charge on any atom is 0.181 e. The molecule has 0 aliphatic heterocycles. The van der Waals surface area contributed by atoms with E-state index in [9.17, 15) is 8.42 Å². The van der Waals surface area contributed by atoms with Gasteiger partial charge < -0.3 is 5.73 Å². The van der Waals surface area contributed by atoms with Crippen LogP contribution in [0.1, 0.15) is 19.8 Å². The van der Waals surface area contributed by atoms with Gasteiger partial charge in [-0.1, -0.05) is 31.0 Å². The molecule has 0 unspecified atom stereocenters. The molecule has 0 bridgehead atoms. The number of benzene rings is 1. The summed E-state index contributed by atoms with van der Waals surface area (Å²) in [5.41, 5.74) is 5.84. The molecule has 84 valence electrons. The van der Waals surface area contributed by atoms with Crippen molar-refractivity contribution in [3.8, 4) is 0 Å². The highest BCUT2D eigenvalue weighted by Crippen LogP contribution is 2.28. The van der Waals surface area contributed by atoms with E-state index in [1.165, 1.54) is 6.07 Å². The number of anilines is 1. The molecule has 0 aromatic heterocycles. The van der Waals surface area contributed by atoms with Crippen LogP contribution < -0.4 is 5.73 Å². The minimum atomic E-state index is -3.34. The van der Waals surface area contributed by atoms with Crippen LogP contribution in [0.4, 0.5) is 5.69 Å². The molecule has 0 aliphatic rings. The van der Waals surface area contributed by atoms with Gasteiger partial charge in [0.25, 0.3) is 0 Å². The van der Waals surface area contributed by atoms with Crippen LogP contribution in [0.25, 0.3) is 0 Å². The molecule has 0 saturated carbocycles. The third-order valence-corrected chi connectivity index (χ3v) is 4.41. The smallest absolute Gasteiger partial charge is 0.181 e. The van der Waals surface area contributed by atoms with Crippen LogP contribution in [-0.4, -0.2) is 14.2 Å². The first-order chi connectivity index (χ1) is 6.99. The van der Waals surface area contributed by atoms with Crippen LogP contribution in [0, 0.1) is 0 Å². The summed E-state index contributed by atoms with van der Waals surface area (Å²) >= 11 is 5.83. The number of hydrogen-bond donors (Lipinski definition) is 1. The first-order valence-corrected chi connectivity index (χ1v) is 6.79. The Labute approximate surface area is 95.2 Å².